The van der Waals surface area contributed by atoms with E-state index in [9.17, 15) is 5.11 Å². The maximum atomic E-state index is 9.73. The third kappa shape index (κ3) is 2.55. The van der Waals surface area contributed by atoms with Gasteiger partial charge in [0.1, 0.15) is 5.75 Å². The molecule has 2 N–H and O–H groups in total. The average molecular weight is 332 g/mol. The molecule has 104 valence electrons. The van der Waals surface area contributed by atoms with Crippen molar-refractivity contribution in [2.45, 2.75) is 32.2 Å². The summed E-state index contributed by atoms with van der Waals surface area (Å²) in [5.74, 6) is 0.348. The van der Waals surface area contributed by atoms with Crippen LogP contribution in [0, 0.1) is 6.92 Å². The van der Waals surface area contributed by atoms with E-state index in [1.165, 1.54) is 23.1 Å². The van der Waals surface area contributed by atoms with Crippen LogP contribution in [0.15, 0.2) is 40.9 Å². The van der Waals surface area contributed by atoms with Crippen molar-refractivity contribution in [2.24, 2.45) is 0 Å². The molecule has 3 rings (SSSR count). The van der Waals surface area contributed by atoms with Crippen LogP contribution in [0.25, 0.3) is 0 Å². The number of fused-ring (bicyclic) bond motifs is 1. The molecule has 0 saturated carbocycles. The van der Waals surface area contributed by atoms with Gasteiger partial charge >= 0.3 is 0 Å². The highest BCUT2D eigenvalue weighted by molar-refractivity contribution is 9.10. The van der Waals surface area contributed by atoms with Crippen molar-refractivity contribution in [3.05, 3.63) is 57.6 Å². The maximum Gasteiger partial charge on any atom is 0.115 e. The third-order valence-corrected chi connectivity index (χ3v) is 5.02. The summed E-state index contributed by atoms with van der Waals surface area (Å²) < 4.78 is 1.12. The predicted octanol–water partition coefficient (Wildman–Crippen LogP) is 4.95. The number of phenolic OH excluding ortho intramolecular Hbond substituents is 1. The lowest BCUT2D eigenvalue weighted by atomic mass is 9.87. The molecular formula is C17H18BrNO. The van der Waals surface area contributed by atoms with Gasteiger partial charge in [0.15, 0.2) is 0 Å². The van der Waals surface area contributed by atoms with Gasteiger partial charge in [0.25, 0.3) is 0 Å². The molecule has 0 bridgehead atoms. The van der Waals surface area contributed by atoms with Crippen molar-refractivity contribution in [3.63, 3.8) is 0 Å². The zero-order chi connectivity index (χ0) is 14.1. The predicted molar refractivity (Wildman–Crippen MR) is 86.3 cm³/mol. The Morgan fingerprint density at radius 1 is 1.25 bits per heavy atom. The van der Waals surface area contributed by atoms with E-state index in [0.717, 1.165) is 23.0 Å². The summed E-state index contributed by atoms with van der Waals surface area (Å²) in [5, 5.41) is 13.3. The van der Waals surface area contributed by atoms with E-state index in [-0.39, 0.29) is 6.04 Å². The van der Waals surface area contributed by atoms with Crippen molar-refractivity contribution >= 4 is 21.6 Å². The van der Waals surface area contributed by atoms with Crippen LogP contribution < -0.4 is 5.32 Å². The van der Waals surface area contributed by atoms with Crippen LogP contribution in [-0.2, 0) is 6.42 Å². The molecule has 3 heteroatoms. The Balaban J connectivity index is 1.93. The lowest BCUT2D eigenvalue weighted by Crippen LogP contribution is -2.17. The number of anilines is 1. The van der Waals surface area contributed by atoms with Crippen molar-refractivity contribution in [3.8, 4) is 5.75 Å². The molecule has 1 aliphatic rings. The summed E-state index contributed by atoms with van der Waals surface area (Å²) in [7, 11) is 0. The number of hydrogen-bond acceptors (Lipinski definition) is 2. The average Bonchev–Trinajstić information content (AvgIpc) is 2.44. The minimum atomic E-state index is 0.268. The van der Waals surface area contributed by atoms with Gasteiger partial charge in [-0.1, -0.05) is 18.2 Å². The highest BCUT2D eigenvalue weighted by atomic mass is 79.9. The molecule has 2 aromatic carbocycles. The van der Waals surface area contributed by atoms with Gasteiger partial charge < -0.3 is 10.4 Å². The third-order valence-electron chi connectivity index (χ3n) is 3.97. The van der Waals surface area contributed by atoms with Crippen LogP contribution in [0.5, 0.6) is 5.75 Å². The van der Waals surface area contributed by atoms with Crippen LogP contribution in [0.3, 0.4) is 0 Å². The molecule has 2 aromatic rings. The number of nitrogens with one attached hydrogen (secondary N) is 1. The number of hydrogen-bond donors (Lipinski definition) is 2. The molecule has 2 nitrogen and oxygen atoms in total. The summed E-state index contributed by atoms with van der Waals surface area (Å²) in [5.41, 5.74) is 4.91. The fourth-order valence-electron chi connectivity index (χ4n) is 2.88. The van der Waals surface area contributed by atoms with Gasteiger partial charge in [-0.15, -0.1) is 0 Å². The summed E-state index contributed by atoms with van der Waals surface area (Å²) in [4.78, 5) is 0. The van der Waals surface area contributed by atoms with E-state index in [1.54, 1.807) is 6.07 Å². The molecule has 0 radical (unpaired) electrons. The number of phenols is 1. The minimum Gasteiger partial charge on any atom is -0.508 e. The van der Waals surface area contributed by atoms with Crippen LogP contribution in [-0.4, -0.2) is 5.11 Å². The molecule has 0 fully saturated rings. The van der Waals surface area contributed by atoms with Gasteiger partial charge in [0.2, 0.25) is 0 Å². The molecule has 0 amide bonds. The van der Waals surface area contributed by atoms with Crippen LogP contribution in [0.2, 0.25) is 0 Å². The Bertz CT molecular complexity index is 639. The minimum absolute atomic E-state index is 0.268. The molecule has 0 saturated heterocycles. The van der Waals surface area contributed by atoms with Gasteiger partial charge in [-0.2, -0.15) is 0 Å². The van der Waals surface area contributed by atoms with Crippen LogP contribution in [0.4, 0.5) is 5.69 Å². The Morgan fingerprint density at radius 2 is 2.10 bits per heavy atom. The summed E-state index contributed by atoms with van der Waals surface area (Å²) in [6.45, 7) is 2.09. The van der Waals surface area contributed by atoms with Crippen molar-refractivity contribution in [1.29, 1.82) is 0 Å². The van der Waals surface area contributed by atoms with E-state index in [0.29, 0.717) is 5.75 Å². The van der Waals surface area contributed by atoms with Crippen molar-refractivity contribution in [2.75, 3.05) is 5.32 Å². The SMILES string of the molecule is Cc1cccc(NC2CCCc3ccc(O)cc32)c1Br. The van der Waals surface area contributed by atoms with Crippen molar-refractivity contribution < 1.29 is 5.11 Å². The Morgan fingerprint density at radius 3 is 2.95 bits per heavy atom. The molecule has 0 aliphatic heterocycles. The molecule has 0 heterocycles. The number of benzene rings is 2. The second-order valence-electron chi connectivity index (χ2n) is 5.41. The van der Waals surface area contributed by atoms with Crippen LogP contribution in [0.1, 0.15) is 35.6 Å². The fourth-order valence-corrected chi connectivity index (χ4v) is 3.26. The topological polar surface area (TPSA) is 32.3 Å². The zero-order valence-electron chi connectivity index (χ0n) is 11.5. The lowest BCUT2D eigenvalue weighted by molar-refractivity contribution is 0.471. The summed E-state index contributed by atoms with van der Waals surface area (Å²) >= 11 is 3.65. The normalized spacial score (nSPS) is 17.6. The quantitative estimate of drug-likeness (QED) is 0.815. The van der Waals surface area contributed by atoms with Gasteiger partial charge in [-0.25, -0.2) is 0 Å². The number of aromatic hydroxyl groups is 1. The number of aryl methyl sites for hydroxylation is 2. The summed E-state index contributed by atoms with van der Waals surface area (Å²) in [6, 6.07) is 12.2. The Labute approximate surface area is 128 Å². The van der Waals surface area contributed by atoms with E-state index < -0.39 is 0 Å². The molecule has 1 atom stereocenters. The standard InChI is InChI=1S/C17H18BrNO/c1-11-4-2-7-16(17(11)18)19-15-6-3-5-12-8-9-13(20)10-14(12)15/h2,4,7-10,15,19-20H,3,5-6H2,1H3. The van der Waals surface area contributed by atoms with Crippen LogP contribution >= 0.6 is 15.9 Å². The van der Waals surface area contributed by atoms with E-state index >= 15 is 0 Å². The maximum absolute atomic E-state index is 9.73. The summed E-state index contributed by atoms with van der Waals surface area (Å²) in [6.07, 6.45) is 3.37. The first-order valence-corrected chi connectivity index (χ1v) is 7.78. The molecule has 0 spiro atoms. The number of rotatable bonds is 2. The van der Waals surface area contributed by atoms with Gasteiger partial charge in [0.05, 0.1) is 6.04 Å². The van der Waals surface area contributed by atoms with Gasteiger partial charge in [-0.05, 0) is 77.0 Å². The fraction of sp³-hybridized carbons (Fsp3) is 0.294. The largest absolute Gasteiger partial charge is 0.508 e. The molecule has 1 aliphatic carbocycles. The smallest absolute Gasteiger partial charge is 0.115 e. The molecular weight excluding hydrogens is 314 g/mol. The molecule has 0 aromatic heterocycles. The van der Waals surface area contributed by atoms with E-state index in [4.69, 9.17) is 0 Å². The molecule has 1 unspecified atom stereocenters. The van der Waals surface area contributed by atoms with Gasteiger partial charge in [0, 0.05) is 10.2 Å². The first kappa shape index (κ1) is 13.5. The lowest BCUT2D eigenvalue weighted by Gasteiger charge is -2.28. The van der Waals surface area contributed by atoms with E-state index in [1.807, 2.05) is 12.1 Å². The van der Waals surface area contributed by atoms with Crippen molar-refractivity contribution in [1.82, 2.24) is 0 Å². The number of halogens is 1. The molecule has 20 heavy (non-hydrogen) atoms. The first-order valence-electron chi connectivity index (χ1n) is 6.98. The monoisotopic (exact) mass is 331 g/mol. The Kier molecular flexibility index (Phi) is 3.70. The zero-order valence-corrected chi connectivity index (χ0v) is 13.1. The van der Waals surface area contributed by atoms with Gasteiger partial charge in [-0.3, -0.25) is 0 Å². The second kappa shape index (κ2) is 5.49. The second-order valence-corrected chi connectivity index (χ2v) is 6.20. The highest BCUT2D eigenvalue weighted by Crippen LogP contribution is 2.36. The highest BCUT2D eigenvalue weighted by Gasteiger charge is 2.21. The Hall–Kier alpha value is -1.48. The first-order chi connectivity index (χ1) is 9.65. The van der Waals surface area contributed by atoms with E-state index in [2.05, 4.69) is 46.4 Å².